The molecule has 13 heteroatoms. The van der Waals surface area contributed by atoms with Crippen LogP contribution in [0, 0.1) is 11.8 Å². The number of nitrogens with one attached hydrogen (secondary N) is 2. The first-order chi connectivity index (χ1) is 19.9. The number of halogens is 2. The SMILES string of the molecule is CNCCN(CC=O)CCn1cnc(-c2ccc(F)cc2)c1-c1ccc2nc(NC(=O)c3ccnc(F)c3)cn2n1. The summed E-state index contributed by atoms with van der Waals surface area (Å²) in [6.45, 7) is 2.85. The molecular formula is C28H27F2N9O2. The summed E-state index contributed by atoms with van der Waals surface area (Å²) >= 11 is 0. The van der Waals surface area contributed by atoms with Gasteiger partial charge >= 0.3 is 0 Å². The summed E-state index contributed by atoms with van der Waals surface area (Å²) in [4.78, 5) is 38.3. The van der Waals surface area contributed by atoms with Gasteiger partial charge in [-0.1, -0.05) is 0 Å². The first-order valence-corrected chi connectivity index (χ1v) is 12.9. The first kappa shape index (κ1) is 27.7. The van der Waals surface area contributed by atoms with Crippen LogP contribution in [0.4, 0.5) is 14.6 Å². The molecule has 5 aromatic rings. The number of anilines is 1. The van der Waals surface area contributed by atoms with Gasteiger partial charge in [-0.25, -0.2) is 23.9 Å². The molecule has 210 valence electrons. The third-order valence-corrected chi connectivity index (χ3v) is 6.42. The highest BCUT2D eigenvalue weighted by atomic mass is 19.1. The Bertz CT molecular complexity index is 1670. The normalized spacial score (nSPS) is 11.3. The molecule has 0 saturated carbocycles. The third-order valence-electron chi connectivity index (χ3n) is 6.42. The van der Waals surface area contributed by atoms with Gasteiger partial charge in [0.2, 0.25) is 5.95 Å². The quantitative estimate of drug-likeness (QED) is 0.177. The summed E-state index contributed by atoms with van der Waals surface area (Å²) in [5.41, 5.74) is 3.17. The Morgan fingerprint density at radius 1 is 1.07 bits per heavy atom. The van der Waals surface area contributed by atoms with Gasteiger partial charge in [-0.05, 0) is 49.5 Å². The number of aromatic nitrogens is 6. The number of likely N-dealkylation sites (N-methyl/N-ethyl adjacent to an activating group) is 1. The monoisotopic (exact) mass is 559 g/mol. The summed E-state index contributed by atoms with van der Waals surface area (Å²) in [6.07, 6.45) is 5.34. The number of imidazole rings is 2. The summed E-state index contributed by atoms with van der Waals surface area (Å²) < 4.78 is 30.6. The molecule has 1 aromatic carbocycles. The fourth-order valence-electron chi connectivity index (χ4n) is 4.36. The molecule has 4 aromatic heterocycles. The average Bonchev–Trinajstić information content (AvgIpc) is 3.58. The van der Waals surface area contributed by atoms with Crippen LogP contribution in [0.25, 0.3) is 28.3 Å². The number of hydrogen-bond acceptors (Lipinski definition) is 8. The number of fused-ring (bicyclic) bond motifs is 1. The minimum Gasteiger partial charge on any atom is -0.327 e. The number of pyridine rings is 1. The summed E-state index contributed by atoms with van der Waals surface area (Å²) in [6, 6.07) is 12.0. The van der Waals surface area contributed by atoms with Crippen molar-refractivity contribution in [2.24, 2.45) is 0 Å². The number of amides is 1. The summed E-state index contributed by atoms with van der Waals surface area (Å²) in [7, 11) is 1.86. The van der Waals surface area contributed by atoms with Gasteiger partial charge in [-0.3, -0.25) is 9.69 Å². The zero-order chi connectivity index (χ0) is 28.8. The van der Waals surface area contributed by atoms with Crippen molar-refractivity contribution < 1.29 is 18.4 Å². The van der Waals surface area contributed by atoms with E-state index in [0.29, 0.717) is 54.5 Å². The number of carbonyl (C=O) groups excluding carboxylic acids is 2. The topological polar surface area (TPSA) is 122 Å². The molecule has 11 nitrogen and oxygen atoms in total. The Hall–Kier alpha value is -4.88. The minimum atomic E-state index is -0.760. The van der Waals surface area contributed by atoms with Gasteiger partial charge in [0.15, 0.2) is 11.5 Å². The van der Waals surface area contributed by atoms with Gasteiger partial charge < -0.3 is 20.0 Å². The maximum atomic E-state index is 13.7. The fourth-order valence-corrected chi connectivity index (χ4v) is 4.36. The van der Waals surface area contributed by atoms with E-state index >= 15 is 0 Å². The zero-order valence-electron chi connectivity index (χ0n) is 22.2. The molecule has 2 N–H and O–H groups in total. The van der Waals surface area contributed by atoms with Gasteiger partial charge in [-0.15, -0.1) is 0 Å². The number of benzene rings is 1. The molecule has 0 saturated heterocycles. The van der Waals surface area contributed by atoms with Crippen molar-refractivity contribution >= 4 is 23.7 Å². The Kier molecular flexibility index (Phi) is 8.46. The predicted molar refractivity (Wildman–Crippen MR) is 148 cm³/mol. The number of carbonyl (C=O) groups is 2. The van der Waals surface area contributed by atoms with Crippen LogP contribution in [-0.4, -0.2) is 79.5 Å². The van der Waals surface area contributed by atoms with Crippen LogP contribution in [0.2, 0.25) is 0 Å². The lowest BCUT2D eigenvalue weighted by atomic mass is 10.1. The van der Waals surface area contributed by atoms with Crippen LogP contribution in [0.15, 0.2) is 67.3 Å². The predicted octanol–water partition coefficient (Wildman–Crippen LogP) is 2.91. The molecule has 0 unspecified atom stereocenters. The second-order valence-corrected chi connectivity index (χ2v) is 9.18. The molecule has 5 rings (SSSR count). The average molecular weight is 560 g/mol. The van der Waals surface area contributed by atoms with E-state index in [0.717, 1.165) is 18.9 Å². The largest absolute Gasteiger partial charge is 0.327 e. The van der Waals surface area contributed by atoms with E-state index in [1.165, 1.54) is 28.9 Å². The van der Waals surface area contributed by atoms with Gasteiger partial charge in [0.1, 0.15) is 17.8 Å². The maximum Gasteiger partial charge on any atom is 0.257 e. The van der Waals surface area contributed by atoms with Crippen LogP contribution < -0.4 is 10.6 Å². The van der Waals surface area contributed by atoms with Crippen molar-refractivity contribution in [2.45, 2.75) is 6.54 Å². The van der Waals surface area contributed by atoms with E-state index in [1.54, 1.807) is 36.8 Å². The second kappa shape index (κ2) is 12.5. The standard InChI is InChI=1S/C28H27F2N9O2/c1-31-10-11-37(14-15-40)12-13-38-18-33-26(19-2-4-21(29)5-3-19)27(38)22-6-7-25-34-24(17-39(25)36-22)35-28(41)20-8-9-32-23(30)16-20/h2-9,15-18,31H,10-14H2,1H3,(H,35,41). The lowest BCUT2D eigenvalue weighted by molar-refractivity contribution is -0.108. The highest BCUT2D eigenvalue weighted by Crippen LogP contribution is 2.30. The van der Waals surface area contributed by atoms with E-state index in [2.05, 4.69) is 25.6 Å². The van der Waals surface area contributed by atoms with Crippen LogP contribution in [0.1, 0.15) is 10.4 Å². The Balaban J connectivity index is 1.47. The van der Waals surface area contributed by atoms with Crippen molar-refractivity contribution in [2.75, 3.05) is 38.5 Å². The fraction of sp³-hybridized carbons (Fsp3) is 0.214. The number of nitrogens with zero attached hydrogens (tertiary/aromatic N) is 7. The molecule has 0 radical (unpaired) electrons. The van der Waals surface area contributed by atoms with Crippen molar-refractivity contribution in [3.05, 3.63) is 84.6 Å². The lowest BCUT2D eigenvalue weighted by Crippen LogP contribution is -2.34. The highest BCUT2D eigenvalue weighted by Gasteiger charge is 2.19. The van der Waals surface area contributed by atoms with E-state index in [-0.39, 0.29) is 17.2 Å². The molecule has 1 amide bonds. The van der Waals surface area contributed by atoms with Crippen LogP contribution in [0.5, 0.6) is 0 Å². The second-order valence-electron chi connectivity index (χ2n) is 9.18. The molecule has 4 heterocycles. The van der Waals surface area contributed by atoms with E-state index in [1.807, 2.05) is 16.5 Å². The summed E-state index contributed by atoms with van der Waals surface area (Å²) in [5.74, 6) is -1.42. The Morgan fingerprint density at radius 3 is 2.66 bits per heavy atom. The van der Waals surface area contributed by atoms with Gasteiger partial charge in [0.05, 0.1) is 30.5 Å². The smallest absolute Gasteiger partial charge is 0.257 e. The maximum absolute atomic E-state index is 13.7. The molecular weight excluding hydrogens is 532 g/mol. The molecule has 0 aliphatic carbocycles. The molecule has 0 bridgehead atoms. The van der Waals surface area contributed by atoms with E-state index < -0.39 is 11.9 Å². The van der Waals surface area contributed by atoms with Crippen molar-refractivity contribution in [1.82, 2.24) is 39.3 Å². The summed E-state index contributed by atoms with van der Waals surface area (Å²) in [5, 5.41) is 10.5. The van der Waals surface area contributed by atoms with Gasteiger partial charge in [-0.2, -0.15) is 9.49 Å². The van der Waals surface area contributed by atoms with Crippen LogP contribution >= 0.6 is 0 Å². The van der Waals surface area contributed by atoms with Crippen LogP contribution in [0.3, 0.4) is 0 Å². The molecule has 41 heavy (non-hydrogen) atoms. The van der Waals surface area contributed by atoms with Crippen molar-refractivity contribution in [3.8, 4) is 22.6 Å². The van der Waals surface area contributed by atoms with Crippen LogP contribution in [-0.2, 0) is 11.3 Å². The van der Waals surface area contributed by atoms with Crippen molar-refractivity contribution in [1.29, 1.82) is 0 Å². The molecule has 0 fully saturated rings. The molecule has 0 spiro atoms. The Labute approximate surface area is 233 Å². The number of aldehydes is 1. The van der Waals surface area contributed by atoms with E-state index in [4.69, 9.17) is 5.10 Å². The first-order valence-electron chi connectivity index (χ1n) is 12.9. The number of rotatable bonds is 12. The highest BCUT2D eigenvalue weighted by molar-refractivity contribution is 6.03. The molecule has 0 atom stereocenters. The Morgan fingerprint density at radius 2 is 1.90 bits per heavy atom. The third kappa shape index (κ3) is 6.48. The lowest BCUT2D eigenvalue weighted by Gasteiger charge is -2.20. The number of hydrogen-bond donors (Lipinski definition) is 2. The van der Waals surface area contributed by atoms with Crippen molar-refractivity contribution in [3.63, 3.8) is 0 Å². The molecule has 0 aliphatic heterocycles. The van der Waals surface area contributed by atoms with Gasteiger partial charge in [0, 0.05) is 49.6 Å². The zero-order valence-corrected chi connectivity index (χ0v) is 22.2. The minimum absolute atomic E-state index is 0.106. The van der Waals surface area contributed by atoms with Gasteiger partial charge in [0.25, 0.3) is 5.91 Å². The molecule has 0 aliphatic rings. The van der Waals surface area contributed by atoms with E-state index in [9.17, 15) is 18.4 Å².